The summed E-state index contributed by atoms with van der Waals surface area (Å²) in [7, 11) is 1.64. The number of nitrogen functional groups attached to an aromatic ring is 1. The smallest absolute Gasteiger partial charge is 0.258 e. The van der Waals surface area contributed by atoms with Gasteiger partial charge in [0.1, 0.15) is 24.4 Å². The molecule has 0 radical (unpaired) electrons. The Kier molecular flexibility index (Phi) is 5.78. The largest absolute Gasteiger partial charge is 0.490 e. The second kappa shape index (κ2) is 8.40. The number of nitrogens with two attached hydrogens (primary N) is 2. The quantitative estimate of drug-likeness (QED) is 0.707. The molecule has 4 rings (SSSR count). The number of benzene rings is 1. The number of nitriles is 1. The minimum Gasteiger partial charge on any atom is -0.490 e. The number of fused-ring (bicyclic) bond motifs is 3. The van der Waals surface area contributed by atoms with Crippen molar-refractivity contribution in [2.24, 2.45) is 5.73 Å². The molecule has 0 saturated heterocycles. The average Bonchev–Trinajstić information content (AvgIpc) is 2.74. The van der Waals surface area contributed by atoms with Crippen LogP contribution in [0.1, 0.15) is 61.0 Å². The number of carbonyl (C=O) groups excluding carboxylic acids is 1. The van der Waals surface area contributed by atoms with Crippen LogP contribution in [-0.4, -0.2) is 46.5 Å². The van der Waals surface area contributed by atoms with E-state index in [0.29, 0.717) is 23.6 Å². The van der Waals surface area contributed by atoms with Gasteiger partial charge in [-0.15, -0.1) is 0 Å². The molecule has 8 nitrogen and oxygen atoms in total. The van der Waals surface area contributed by atoms with Crippen molar-refractivity contribution in [1.82, 2.24) is 14.9 Å². The SMILES string of the molecule is CN(CC#N)C(=O)c1c(O[C@H]2CC[C@H](N)CC2)ccc2c1CC(C)(C)c1c(N)ncnc1-2. The summed E-state index contributed by atoms with van der Waals surface area (Å²) < 4.78 is 6.39. The van der Waals surface area contributed by atoms with Crippen LogP contribution in [0.3, 0.4) is 0 Å². The van der Waals surface area contributed by atoms with Gasteiger partial charge in [0.05, 0.1) is 23.4 Å². The molecule has 0 bridgehead atoms. The van der Waals surface area contributed by atoms with Crippen LogP contribution >= 0.6 is 0 Å². The van der Waals surface area contributed by atoms with Crippen molar-refractivity contribution < 1.29 is 9.53 Å². The number of nitrogens with zero attached hydrogens (tertiary/aromatic N) is 4. The van der Waals surface area contributed by atoms with Gasteiger partial charge >= 0.3 is 0 Å². The number of hydrogen-bond acceptors (Lipinski definition) is 7. The zero-order valence-electron chi connectivity index (χ0n) is 18.9. The molecule has 0 unspecified atom stereocenters. The van der Waals surface area contributed by atoms with E-state index in [1.807, 2.05) is 12.1 Å². The molecule has 168 valence electrons. The molecule has 1 fully saturated rings. The van der Waals surface area contributed by atoms with Crippen molar-refractivity contribution in [1.29, 1.82) is 5.26 Å². The summed E-state index contributed by atoms with van der Waals surface area (Å²) in [4.78, 5) is 23.7. The summed E-state index contributed by atoms with van der Waals surface area (Å²) in [5, 5.41) is 9.15. The highest BCUT2D eigenvalue weighted by molar-refractivity contribution is 6.01. The number of amides is 1. The van der Waals surface area contributed by atoms with E-state index in [4.69, 9.17) is 21.5 Å². The lowest BCUT2D eigenvalue weighted by atomic mass is 9.70. The van der Waals surface area contributed by atoms with E-state index in [1.54, 1.807) is 7.05 Å². The molecule has 2 aliphatic carbocycles. The topological polar surface area (TPSA) is 131 Å². The predicted molar refractivity (Wildman–Crippen MR) is 122 cm³/mol. The fourth-order valence-corrected chi connectivity index (χ4v) is 4.92. The summed E-state index contributed by atoms with van der Waals surface area (Å²) in [6, 6.07) is 6.08. The number of rotatable bonds is 4. The van der Waals surface area contributed by atoms with E-state index in [9.17, 15) is 4.79 Å². The first kappa shape index (κ1) is 22.0. The average molecular weight is 435 g/mol. The molecule has 1 aromatic carbocycles. The van der Waals surface area contributed by atoms with Gasteiger partial charge in [-0.2, -0.15) is 5.26 Å². The molecule has 8 heteroatoms. The molecular formula is C24H30N6O2. The minimum atomic E-state index is -0.368. The standard InChI is InChI=1S/C24H30N6O2/c1-24(2)12-17-16(21-20(24)22(27)29-13-28-21)8-9-18(19(17)23(31)30(3)11-10-25)32-15-6-4-14(26)5-7-15/h8-9,13-15H,4-7,11-12,26H2,1-3H3,(H2,27,28,29)/t14-,15-. The number of hydrogen-bond donors (Lipinski definition) is 2. The maximum Gasteiger partial charge on any atom is 0.258 e. The van der Waals surface area contributed by atoms with Crippen LogP contribution in [0, 0.1) is 11.3 Å². The Hall–Kier alpha value is -3.18. The van der Waals surface area contributed by atoms with Crippen molar-refractivity contribution in [3.63, 3.8) is 0 Å². The van der Waals surface area contributed by atoms with Gasteiger partial charge in [0.15, 0.2) is 0 Å². The first-order valence-corrected chi connectivity index (χ1v) is 11.0. The predicted octanol–water partition coefficient (Wildman–Crippen LogP) is 2.80. The Morgan fingerprint density at radius 1 is 1.28 bits per heavy atom. The summed E-state index contributed by atoms with van der Waals surface area (Å²) in [5.74, 6) is 0.784. The molecule has 1 heterocycles. The molecule has 32 heavy (non-hydrogen) atoms. The molecule has 1 amide bonds. The van der Waals surface area contributed by atoms with Crippen molar-refractivity contribution in [2.45, 2.75) is 63.5 Å². The van der Waals surface area contributed by atoms with Crippen LogP contribution in [0.5, 0.6) is 5.75 Å². The highest BCUT2D eigenvalue weighted by Gasteiger charge is 2.38. The summed E-state index contributed by atoms with van der Waals surface area (Å²) in [5.41, 5.74) is 15.8. The van der Waals surface area contributed by atoms with Gasteiger partial charge in [-0.25, -0.2) is 9.97 Å². The van der Waals surface area contributed by atoms with E-state index >= 15 is 0 Å². The van der Waals surface area contributed by atoms with Crippen LogP contribution in [-0.2, 0) is 11.8 Å². The van der Waals surface area contributed by atoms with Crippen molar-refractivity contribution in [2.75, 3.05) is 19.3 Å². The third kappa shape index (κ3) is 3.89. The van der Waals surface area contributed by atoms with Crippen LogP contribution < -0.4 is 16.2 Å². The third-order valence-corrected chi connectivity index (χ3v) is 6.58. The molecule has 4 N–H and O–H groups in total. The Morgan fingerprint density at radius 2 is 2.00 bits per heavy atom. The van der Waals surface area contributed by atoms with Gasteiger partial charge in [0.2, 0.25) is 0 Å². The molecule has 2 aliphatic rings. The molecular weight excluding hydrogens is 404 g/mol. The fraction of sp³-hybridized carbons (Fsp3) is 0.500. The molecule has 0 aliphatic heterocycles. The van der Waals surface area contributed by atoms with Crippen LogP contribution in [0.2, 0.25) is 0 Å². The Bertz CT molecular complexity index is 1080. The zero-order valence-corrected chi connectivity index (χ0v) is 18.9. The maximum absolute atomic E-state index is 13.5. The van der Waals surface area contributed by atoms with Crippen LogP contribution in [0.15, 0.2) is 18.5 Å². The van der Waals surface area contributed by atoms with Crippen molar-refractivity contribution in [3.05, 3.63) is 35.2 Å². The minimum absolute atomic E-state index is 0.00464. The van der Waals surface area contributed by atoms with Crippen molar-refractivity contribution >= 4 is 11.7 Å². The third-order valence-electron chi connectivity index (χ3n) is 6.58. The molecule has 0 spiro atoms. The van der Waals surface area contributed by atoms with Gasteiger partial charge in [0.25, 0.3) is 5.91 Å². The monoisotopic (exact) mass is 434 g/mol. The normalized spacial score (nSPS) is 21.1. The molecule has 0 atom stereocenters. The highest BCUT2D eigenvalue weighted by atomic mass is 16.5. The number of aromatic nitrogens is 2. The highest BCUT2D eigenvalue weighted by Crippen LogP contribution is 2.47. The Balaban J connectivity index is 1.85. The van der Waals surface area contributed by atoms with Crippen LogP contribution in [0.4, 0.5) is 5.82 Å². The Morgan fingerprint density at radius 3 is 2.69 bits per heavy atom. The van der Waals surface area contributed by atoms with Gasteiger partial charge in [-0.05, 0) is 55.2 Å². The lowest BCUT2D eigenvalue weighted by molar-refractivity contribution is 0.0798. The first-order chi connectivity index (χ1) is 15.2. The second-order valence-electron chi connectivity index (χ2n) is 9.48. The van der Waals surface area contributed by atoms with Gasteiger partial charge < -0.3 is 21.1 Å². The number of carbonyl (C=O) groups is 1. The summed E-state index contributed by atoms with van der Waals surface area (Å²) >= 11 is 0. The molecule has 1 aromatic heterocycles. The summed E-state index contributed by atoms with van der Waals surface area (Å²) in [6.07, 6.45) is 5.59. The fourth-order valence-electron chi connectivity index (χ4n) is 4.92. The van der Waals surface area contributed by atoms with Gasteiger partial charge in [0, 0.05) is 24.2 Å². The van der Waals surface area contributed by atoms with E-state index < -0.39 is 0 Å². The number of ether oxygens (including phenoxy) is 1. The van der Waals surface area contributed by atoms with Crippen LogP contribution in [0.25, 0.3) is 11.3 Å². The first-order valence-electron chi connectivity index (χ1n) is 11.0. The van der Waals surface area contributed by atoms with Crippen molar-refractivity contribution in [3.8, 4) is 23.1 Å². The zero-order chi connectivity index (χ0) is 23.0. The Labute approximate surface area is 188 Å². The van der Waals surface area contributed by atoms with Gasteiger partial charge in [-0.1, -0.05) is 13.8 Å². The molecule has 2 aromatic rings. The van der Waals surface area contributed by atoms with E-state index in [-0.39, 0.29) is 30.0 Å². The summed E-state index contributed by atoms with van der Waals surface area (Å²) in [6.45, 7) is 4.16. The second-order valence-corrected chi connectivity index (χ2v) is 9.48. The lowest BCUT2D eigenvalue weighted by Gasteiger charge is -2.36. The lowest BCUT2D eigenvalue weighted by Crippen LogP contribution is -2.35. The van der Waals surface area contributed by atoms with Gasteiger partial charge in [-0.3, -0.25) is 4.79 Å². The number of anilines is 1. The van der Waals surface area contributed by atoms with E-state index in [0.717, 1.165) is 48.1 Å². The van der Waals surface area contributed by atoms with E-state index in [2.05, 4.69) is 29.9 Å². The van der Waals surface area contributed by atoms with E-state index in [1.165, 1.54) is 11.2 Å². The maximum atomic E-state index is 13.5. The molecule has 1 saturated carbocycles.